The molecule has 0 spiro atoms. The smallest absolute Gasteiger partial charge is 0.104 e. The van der Waals surface area contributed by atoms with Gasteiger partial charge in [0.25, 0.3) is 0 Å². The summed E-state index contributed by atoms with van der Waals surface area (Å²) >= 11 is 0. The fourth-order valence-corrected chi connectivity index (χ4v) is 0.352. The van der Waals surface area contributed by atoms with Crippen molar-refractivity contribution in [3.8, 4) is 0 Å². The maximum Gasteiger partial charge on any atom is 0.104 e. The summed E-state index contributed by atoms with van der Waals surface area (Å²) in [6.45, 7) is 6.39. The van der Waals surface area contributed by atoms with E-state index in [1.54, 1.807) is 6.92 Å². The SMILES string of the molecule is C[C](O)CNC(C)C. The number of nitrogens with one attached hydrogen (secondary N) is 1. The van der Waals surface area contributed by atoms with Crippen molar-refractivity contribution in [2.24, 2.45) is 0 Å². The number of hydrogen-bond acceptors (Lipinski definition) is 2. The first-order chi connectivity index (χ1) is 3.63. The van der Waals surface area contributed by atoms with Crippen molar-refractivity contribution in [1.82, 2.24) is 5.32 Å². The summed E-state index contributed by atoms with van der Waals surface area (Å²) in [5.41, 5.74) is 0. The Morgan fingerprint density at radius 1 is 1.62 bits per heavy atom. The Morgan fingerprint density at radius 2 is 2.12 bits per heavy atom. The molecule has 0 saturated heterocycles. The van der Waals surface area contributed by atoms with Crippen LogP contribution in [0.25, 0.3) is 0 Å². The quantitative estimate of drug-likeness (QED) is 0.574. The molecule has 0 rings (SSSR count). The summed E-state index contributed by atoms with van der Waals surface area (Å²) in [6, 6.07) is 0.456. The van der Waals surface area contributed by atoms with Gasteiger partial charge in [0.2, 0.25) is 0 Å². The first kappa shape index (κ1) is 7.92. The van der Waals surface area contributed by atoms with Crippen LogP contribution in [0.3, 0.4) is 0 Å². The van der Waals surface area contributed by atoms with E-state index < -0.39 is 0 Å². The molecule has 0 bridgehead atoms. The number of aliphatic hydroxyl groups excluding tert-OH is 1. The zero-order valence-corrected chi connectivity index (χ0v) is 5.73. The van der Waals surface area contributed by atoms with Crippen molar-refractivity contribution >= 4 is 0 Å². The Morgan fingerprint density at radius 3 is 2.25 bits per heavy atom. The van der Waals surface area contributed by atoms with Crippen LogP contribution in [0.15, 0.2) is 0 Å². The molecule has 0 atom stereocenters. The van der Waals surface area contributed by atoms with Gasteiger partial charge < -0.3 is 10.4 Å². The normalized spacial score (nSPS) is 11.2. The number of aliphatic hydroxyl groups is 1. The minimum absolute atomic E-state index is 0.443. The third-order valence-corrected chi connectivity index (χ3v) is 0.766. The minimum atomic E-state index is 0.443. The average Bonchev–Trinajstić information content (AvgIpc) is 1.61. The molecule has 0 heterocycles. The Labute approximate surface area is 50.9 Å². The van der Waals surface area contributed by atoms with Gasteiger partial charge >= 0.3 is 0 Å². The van der Waals surface area contributed by atoms with Crippen LogP contribution in [-0.4, -0.2) is 17.7 Å². The standard InChI is InChI=1S/C6H14NO/c1-5(2)7-4-6(3)8/h5,7-8H,4H2,1-3H3. The van der Waals surface area contributed by atoms with Crippen LogP contribution in [0.2, 0.25) is 0 Å². The maximum absolute atomic E-state index is 8.66. The second kappa shape index (κ2) is 3.87. The molecule has 1 radical (unpaired) electrons. The van der Waals surface area contributed by atoms with Gasteiger partial charge in [-0.15, -0.1) is 0 Å². The van der Waals surface area contributed by atoms with Crippen LogP contribution in [0.5, 0.6) is 0 Å². The van der Waals surface area contributed by atoms with Gasteiger partial charge in [-0.1, -0.05) is 13.8 Å². The molecule has 0 aliphatic carbocycles. The molecule has 8 heavy (non-hydrogen) atoms. The van der Waals surface area contributed by atoms with E-state index in [4.69, 9.17) is 5.11 Å². The van der Waals surface area contributed by atoms with Gasteiger partial charge in [0.05, 0.1) is 0 Å². The molecule has 0 aromatic heterocycles. The van der Waals surface area contributed by atoms with Gasteiger partial charge in [-0.2, -0.15) is 0 Å². The Hall–Kier alpha value is -0.0800. The largest absolute Gasteiger partial charge is 0.386 e. The summed E-state index contributed by atoms with van der Waals surface area (Å²) in [5.74, 6) is 0. The number of hydrogen-bond donors (Lipinski definition) is 2. The van der Waals surface area contributed by atoms with E-state index in [9.17, 15) is 0 Å². The first-order valence-electron chi connectivity index (χ1n) is 2.87. The molecule has 2 N–H and O–H groups in total. The molecule has 0 aromatic rings. The zero-order chi connectivity index (χ0) is 6.57. The molecule has 0 aromatic carbocycles. The van der Waals surface area contributed by atoms with Gasteiger partial charge in [0.1, 0.15) is 6.10 Å². The highest BCUT2D eigenvalue weighted by molar-refractivity contribution is 4.71. The molecular weight excluding hydrogens is 102 g/mol. The lowest BCUT2D eigenvalue weighted by Crippen LogP contribution is -2.26. The predicted octanol–water partition coefficient (Wildman–Crippen LogP) is 0.909. The molecule has 0 unspecified atom stereocenters. The van der Waals surface area contributed by atoms with Crippen LogP contribution in [-0.2, 0) is 0 Å². The Bertz CT molecular complexity index is 44.5. The molecule has 0 fully saturated rings. The highest BCUT2D eigenvalue weighted by Crippen LogP contribution is 1.86. The summed E-state index contributed by atoms with van der Waals surface area (Å²) in [7, 11) is 0. The van der Waals surface area contributed by atoms with Crippen molar-refractivity contribution in [2.75, 3.05) is 6.54 Å². The average molecular weight is 116 g/mol. The monoisotopic (exact) mass is 116 g/mol. The second-order valence-corrected chi connectivity index (χ2v) is 2.27. The molecule has 2 heteroatoms. The highest BCUT2D eigenvalue weighted by atomic mass is 16.3. The van der Waals surface area contributed by atoms with E-state index in [2.05, 4.69) is 5.32 Å². The van der Waals surface area contributed by atoms with Crippen molar-refractivity contribution in [1.29, 1.82) is 0 Å². The molecule has 49 valence electrons. The minimum Gasteiger partial charge on any atom is -0.386 e. The van der Waals surface area contributed by atoms with E-state index >= 15 is 0 Å². The van der Waals surface area contributed by atoms with Gasteiger partial charge in [-0.25, -0.2) is 0 Å². The van der Waals surface area contributed by atoms with Gasteiger partial charge in [-0.05, 0) is 6.92 Å². The second-order valence-electron chi connectivity index (χ2n) is 2.27. The molecule has 0 aliphatic rings. The fraction of sp³-hybridized carbons (Fsp3) is 0.833. The molecule has 2 nitrogen and oxygen atoms in total. The molecule has 0 saturated carbocycles. The fourth-order valence-electron chi connectivity index (χ4n) is 0.352. The maximum atomic E-state index is 8.66. The van der Waals surface area contributed by atoms with Crippen LogP contribution in [0, 0.1) is 6.10 Å². The first-order valence-corrected chi connectivity index (χ1v) is 2.87. The Kier molecular flexibility index (Phi) is 3.83. The third kappa shape index (κ3) is 5.92. The van der Waals surface area contributed by atoms with E-state index in [1.807, 2.05) is 13.8 Å². The third-order valence-electron chi connectivity index (χ3n) is 0.766. The molecule has 0 amide bonds. The van der Waals surface area contributed by atoms with Crippen molar-refractivity contribution in [3.05, 3.63) is 6.10 Å². The molecular formula is C6H14NO. The predicted molar refractivity (Wildman–Crippen MR) is 34.0 cm³/mol. The van der Waals surface area contributed by atoms with E-state index in [-0.39, 0.29) is 0 Å². The van der Waals surface area contributed by atoms with E-state index in [0.717, 1.165) is 0 Å². The van der Waals surface area contributed by atoms with Crippen LogP contribution in [0.1, 0.15) is 20.8 Å². The number of rotatable bonds is 3. The lowest BCUT2D eigenvalue weighted by Gasteiger charge is -2.07. The van der Waals surface area contributed by atoms with Crippen molar-refractivity contribution < 1.29 is 5.11 Å². The van der Waals surface area contributed by atoms with Crippen molar-refractivity contribution in [3.63, 3.8) is 0 Å². The lowest BCUT2D eigenvalue weighted by atomic mass is 10.3. The van der Waals surface area contributed by atoms with Crippen molar-refractivity contribution in [2.45, 2.75) is 26.8 Å². The van der Waals surface area contributed by atoms with Gasteiger partial charge in [-0.3, -0.25) is 0 Å². The highest BCUT2D eigenvalue weighted by Gasteiger charge is 1.95. The summed E-state index contributed by atoms with van der Waals surface area (Å²) in [4.78, 5) is 0. The van der Waals surface area contributed by atoms with Crippen LogP contribution >= 0.6 is 0 Å². The van der Waals surface area contributed by atoms with Crippen LogP contribution in [0.4, 0.5) is 0 Å². The lowest BCUT2D eigenvalue weighted by molar-refractivity contribution is 0.295. The van der Waals surface area contributed by atoms with Crippen LogP contribution < -0.4 is 5.32 Å². The molecule has 0 aliphatic heterocycles. The van der Waals surface area contributed by atoms with Gasteiger partial charge in [0, 0.05) is 12.6 Å². The summed E-state index contributed by atoms with van der Waals surface area (Å²) in [6.07, 6.45) is 0.443. The van der Waals surface area contributed by atoms with E-state index in [1.165, 1.54) is 0 Å². The Balaban J connectivity index is 2.93. The zero-order valence-electron chi connectivity index (χ0n) is 5.73. The topological polar surface area (TPSA) is 32.3 Å². The summed E-state index contributed by atoms with van der Waals surface area (Å²) in [5, 5.41) is 11.7. The van der Waals surface area contributed by atoms with Gasteiger partial charge in [0.15, 0.2) is 0 Å². The van der Waals surface area contributed by atoms with E-state index in [0.29, 0.717) is 18.7 Å². The summed E-state index contributed by atoms with van der Waals surface area (Å²) < 4.78 is 0.